The molecule has 0 spiro atoms. The van der Waals surface area contributed by atoms with Crippen LogP contribution in [0.15, 0.2) is 47.3 Å². The standard InChI is InChI=1S/C32H44N4O3/c1-5-34-28-18-17-25(22-29(28)35(6-2)32(34)39)31(38)33-19-13-9-7-8-10-14-20-36(30(37)21-24(3)4)27-16-12-11-15-26(27)23-33/h11-12,15-18,22,24H,5-10,13-14,19-21,23H2,1-4H3. The van der Waals surface area contributed by atoms with E-state index in [2.05, 4.69) is 13.8 Å². The molecule has 0 radical (unpaired) electrons. The number of anilines is 1. The minimum absolute atomic E-state index is 0.0398. The normalized spacial score (nSPS) is 15.5. The van der Waals surface area contributed by atoms with Gasteiger partial charge < -0.3 is 9.80 Å². The number of fused-ring (bicyclic) bond motifs is 2. The lowest BCUT2D eigenvalue weighted by atomic mass is 10.1. The lowest BCUT2D eigenvalue weighted by Crippen LogP contribution is -2.35. The number of para-hydroxylation sites is 1. The lowest BCUT2D eigenvalue weighted by Gasteiger charge is -2.29. The molecule has 0 atom stereocenters. The zero-order chi connectivity index (χ0) is 27.9. The van der Waals surface area contributed by atoms with Gasteiger partial charge >= 0.3 is 5.69 Å². The highest BCUT2D eigenvalue weighted by Gasteiger charge is 2.24. The molecule has 1 aromatic heterocycles. The van der Waals surface area contributed by atoms with E-state index in [0.29, 0.717) is 44.7 Å². The predicted octanol–water partition coefficient (Wildman–Crippen LogP) is 6.22. The molecular weight excluding hydrogens is 488 g/mol. The van der Waals surface area contributed by atoms with Crippen molar-refractivity contribution >= 4 is 28.5 Å². The van der Waals surface area contributed by atoms with Crippen molar-refractivity contribution in [3.63, 3.8) is 0 Å². The molecule has 0 saturated heterocycles. The molecular formula is C32H44N4O3. The van der Waals surface area contributed by atoms with E-state index in [9.17, 15) is 14.4 Å². The van der Waals surface area contributed by atoms with Crippen LogP contribution in [-0.4, -0.2) is 38.9 Å². The van der Waals surface area contributed by atoms with Gasteiger partial charge in [0.15, 0.2) is 0 Å². The largest absolute Gasteiger partial charge is 0.334 e. The number of imidazole rings is 1. The smallest absolute Gasteiger partial charge is 0.329 e. The molecule has 2 aromatic carbocycles. The number of aryl methyl sites for hydroxylation is 2. The maximum Gasteiger partial charge on any atom is 0.329 e. The quantitative estimate of drug-likeness (QED) is 0.392. The topological polar surface area (TPSA) is 67.6 Å². The van der Waals surface area contributed by atoms with Gasteiger partial charge in [-0.2, -0.15) is 0 Å². The van der Waals surface area contributed by atoms with E-state index in [1.165, 1.54) is 0 Å². The molecule has 0 fully saturated rings. The van der Waals surface area contributed by atoms with Crippen molar-refractivity contribution in [3.8, 4) is 0 Å². The summed E-state index contributed by atoms with van der Waals surface area (Å²) in [6.45, 7) is 11.0. The monoisotopic (exact) mass is 532 g/mol. The Kier molecular flexibility index (Phi) is 9.65. The molecule has 39 heavy (non-hydrogen) atoms. The molecule has 1 aliphatic heterocycles. The maximum atomic E-state index is 14.0. The number of carbonyl (C=O) groups is 2. The lowest BCUT2D eigenvalue weighted by molar-refractivity contribution is -0.119. The van der Waals surface area contributed by atoms with Crippen molar-refractivity contribution in [1.82, 2.24) is 14.0 Å². The van der Waals surface area contributed by atoms with Gasteiger partial charge in [0.05, 0.1) is 11.0 Å². The fraction of sp³-hybridized carbons (Fsp3) is 0.531. The zero-order valence-corrected chi connectivity index (χ0v) is 24.1. The number of hydrogen-bond donors (Lipinski definition) is 0. The first-order valence-electron chi connectivity index (χ1n) is 14.8. The number of carbonyl (C=O) groups excluding carboxylic acids is 2. The Hall–Kier alpha value is -3.35. The van der Waals surface area contributed by atoms with Crippen LogP contribution in [0.5, 0.6) is 0 Å². The van der Waals surface area contributed by atoms with Gasteiger partial charge in [-0.15, -0.1) is 0 Å². The second-order valence-corrected chi connectivity index (χ2v) is 11.1. The molecule has 4 rings (SSSR count). The predicted molar refractivity (Wildman–Crippen MR) is 158 cm³/mol. The highest BCUT2D eigenvalue weighted by Crippen LogP contribution is 2.27. The summed E-state index contributed by atoms with van der Waals surface area (Å²) in [4.78, 5) is 44.1. The van der Waals surface area contributed by atoms with Crippen molar-refractivity contribution in [2.45, 2.75) is 92.3 Å². The van der Waals surface area contributed by atoms with Crippen molar-refractivity contribution in [2.75, 3.05) is 18.0 Å². The highest BCUT2D eigenvalue weighted by molar-refractivity contribution is 5.98. The molecule has 0 unspecified atom stereocenters. The van der Waals surface area contributed by atoms with Crippen molar-refractivity contribution < 1.29 is 9.59 Å². The van der Waals surface area contributed by atoms with Gasteiger partial charge in [0.1, 0.15) is 0 Å². The summed E-state index contributed by atoms with van der Waals surface area (Å²) in [5.41, 5.74) is 4.11. The number of nitrogens with zero attached hydrogens (tertiary/aromatic N) is 4. The molecule has 7 heteroatoms. The van der Waals surface area contributed by atoms with E-state index >= 15 is 0 Å². The van der Waals surface area contributed by atoms with E-state index in [0.717, 1.165) is 60.8 Å². The third kappa shape index (κ3) is 6.45. The van der Waals surface area contributed by atoms with E-state index in [4.69, 9.17) is 0 Å². The van der Waals surface area contributed by atoms with Crippen LogP contribution in [0.4, 0.5) is 5.69 Å². The van der Waals surface area contributed by atoms with Crippen LogP contribution in [0.2, 0.25) is 0 Å². The maximum absolute atomic E-state index is 14.0. The van der Waals surface area contributed by atoms with Gasteiger partial charge in [-0.3, -0.25) is 18.7 Å². The highest BCUT2D eigenvalue weighted by atomic mass is 16.2. The van der Waals surface area contributed by atoms with Gasteiger partial charge in [0.2, 0.25) is 5.91 Å². The number of rotatable bonds is 5. The summed E-state index contributed by atoms with van der Waals surface area (Å²) in [7, 11) is 0. The SMILES string of the molecule is CCn1c(=O)n(CC)c2cc(C(=O)N3CCCCCCCCN(C(=O)CC(C)C)c4ccccc4C3)ccc21. The van der Waals surface area contributed by atoms with Gasteiger partial charge in [0.25, 0.3) is 5.91 Å². The van der Waals surface area contributed by atoms with Gasteiger partial charge in [-0.1, -0.05) is 57.7 Å². The minimum atomic E-state index is -0.0408. The van der Waals surface area contributed by atoms with E-state index in [-0.39, 0.29) is 23.4 Å². The van der Waals surface area contributed by atoms with Crippen LogP contribution in [0.3, 0.4) is 0 Å². The van der Waals surface area contributed by atoms with Gasteiger partial charge in [0, 0.05) is 50.4 Å². The first-order chi connectivity index (χ1) is 18.8. The van der Waals surface area contributed by atoms with Crippen LogP contribution in [0.1, 0.15) is 88.6 Å². The Morgan fingerprint density at radius 2 is 1.46 bits per heavy atom. The van der Waals surface area contributed by atoms with Gasteiger partial charge in [-0.05, 0) is 62.4 Å². The first-order valence-corrected chi connectivity index (χ1v) is 14.8. The third-order valence-electron chi connectivity index (χ3n) is 7.77. The van der Waals surface area contributed by atoms with Crippen LogP contribution < -0.4 is 10.6 Å². The molecule has 7 nitrogen and oxygen atoms in total. The Labute approximate surface area is 232 Å². The molecule has 2 heterocycles. The Bertz CT molecular complexity index is 1350. The average molecular weight is 533 g/mol. The molecule has 0 bridgehead atoms. The van der Waals surface area contributed by atoms with Gasteiger partial charge in [-0.25, -0.2) is 4.79 Å². The summed E-state index contributed by atoms with van der Waals surface area (Å²) in [6, 6.07) is 13.7. The first kappa shape index (κ1) is 28.7. The van der Waals surface area contributed by atoms with Crippen molar-refractivity contribution in [2.24, 2.45) is 5.92 Å². The fourth-order valence-electron chi connectivity index (χ4n) is 5.73. The zero-order valence-electron chi connectivity index (χ0n) is 24.1. The molecule has 210 valence electrons. The minimum Gasteiger partial charge on any atom is -0.334 e. The van der Waals surface area contributed by atoms with Crippen LogP contribution in [-0.2, 0) is 24.4 Å². The molecule has 2 amide bonds. The Morgan fingerprint density at radius 3 is 2.15 bits per heavy atom. The second kappa shape index (κ2) is 13.1. The Balaban J connectivity index is 1.71. The average Bonchev–Trinajstić information content (AvgIpc) is 3.20. The van der Waals surface area contributed by atoms with Crippen LogP contribution in [0, 0.1) is 5.92 Å². The van der Waals surface area contributed by atoms with Crippen molar-refractivity contribution in [3.05, 3.63) is 64.1 Å². The third-order valence-corrected chi connectivity index (χ3v) is 7.77. The molecule has 0 N–H and O–H groups in total. The number of benzene rings is 2. The van der Waals surface area contributed by atoms with E-state index in [1.807, 2.05) is 66.1 Å². The summed E-state index contributed by atoms with van der Waals surface area (Å²) >= 11 is 0. The van der Waals surface area contributed by atoms with Crippen LogP contribution >= 0.6 is 0 Å². The Morgan fingerprint density at radius 1 is 0.821 bits per heavy atom. The summed E-state index contributed by atoms with van der Waals surface area (Å²) in [5.74, 6) is 0.389. The van der Waals surface area contributed by atoms with E-state index < -0.39 is 0 Å². The van der Waals surface area contributed by atoms with Crippen molar-refractivity contribution in [1.29, 1.82) is 0 Å². The van der Waals surface area contributed by atoms with Crippen LogP contribution in [0.25, 0.3) is 11.0 Å². The number of hydrogen-bond acceptors (Lipinski definition) is 3. The summed E-state index contributed by atoms with van der Waals surface area (Å²) in [5, 5.41) is 0. The number of aromatic nitrogens is 2. The molecule has 0 saturated carbocycles. The molecule has 3 aromatic rings. The fourth-order valence-corrected chi connectivity index (χ4v) is 5.73. The number of amides is 2. The second-order valence-electron chi connectivity index (χ2n) is 11.1. The molecule has 1 aliphatic rings. The molecule has 0 aliphatic carbocycles. The summed E-state index contributed by atoms with van der Waals surface area (Å²) in [6.07, 6.45) is 6.89. The summed E-state index contributed by atoms with van der Waals surface area (Å²) < 4.78 is 3.49. The van der Waals surface area contributed by atoms with E-state index in [1.54, 1.807) is 9.13 Å².